The van der Waals surface area contributed by atoms with E-state index in [4.69, 9.17) is 5.73 Å². The van der Waals surface area contributed by atoms with Gasteiger partial charge in [-0.25, -0.2) is 0 Å². The number of hydrogen-bond acceptors (Lipinski definition) is 2. The number of rotatable bonds is 8. The second-order valence-electron chi connectivity index (χ2n) is 3.31. The molecule has 0 aromatic heterocycles. The van der Waals surface area contributed by atoms with Crippen molar-refractivity contribution in [2.45, 2.75) is 32.6 Å². The van der Waals surface area contributed by atoms with Crippen LogP contribution in [0.15, 0.2) is 23.8 Å². The summed E-state index contributed by atoms with van der Waals surface area (Å²) in [6.07, 6.45) is 13.6. The highest BCUT2D eigenvalue weighted by atomic mass is 32.2. The Hall–Kier alpha value is -0.210. The maximum atomic E-state index is 5.47. The Morgan fingerprint density at radius 3 is 2.71 bits per heavy atom. The SMILES string of the molecule is C/C=C\C(=C/CCSC)CCCCN. The lowest BCUT2D eigenvalue weighted by Gasteiger charge is -2.01. The quantitative estimate of drug-likeness (QED) is 0.494. The molecule has 0 rings (SSSR count). The maximum Gasteiger partial charge on any atom is -0.00355 e. The summed E-state index contributed by atoms with van der Waals surface area (Å²) >= 11 is 1.90. The van der Waals surface area contributed by atoms with E-state index in [1.54, 1.807) is 0 Å². The lowest BCUT2D eigenvalue weighted by Crippen LogP contribution is -1.97. The van der Waals surface area contributed by atoms with Crippen molar-refractivity contribution in [1.82, 2.24) is 0 Å². The molecule has 0 spiro atoms. The molecule has 0 fully saturated rings. The van der Waals surface area contributed by atoms with Crippen LogP contribution in [0.5, 0.6) is 0 Å². The highest BCUT2D eigenvalue weighted by molar-refractivity contribution is 7.98. The Labute approximate surface area is 92.8 Å². The zero-order valence-electron chi connectivity index (χ0n) is 9.46. The first-order valence-electron chi connectivity index (χ1n) is 5.36. The number of thioether (sulfide) groups is 1. The third kappa shape index (κ3) is 8.39. The predicted molar refractivity (Wildman–Crippen MR) is 68.8 cm³/mol. The maximum absolute atomic E-state index is 5.47. The van der Waals surface area contributed by atoms with Crippen LogP contribution < -0.4 is 5.73 Å². The fourth-order valence-corrected chi connectivity index (χ4v) is 1.66. The van der Waals surface area contributed by atoms with Crippen LogP contribution in [0.3, 0.4) is 0 Å². The average Bonchev–Trinajstić information content (AvgIpc) is 2.18. The minimum absolute atomic E-state index is 0.813. The van der Waals surface area contributed by atoms with Crippen LogP contribution in [0.4, 0.5) is 0 Å². The van der Waals surface area contributed by atoms with Gasteiger partial charge in [-0.05, 0) is 51.2 Å². The van der Waals surface area contributed by atoms with Gasteiger partial charge < -0.3 is 5.73 Å². The van der Waals surface area contributed by atoms with E-state index in [0.29, 0.717) is 0 Å². The van der Waals surface area contributed by atoms with Gasteiger partial charge in [0.2, 0.25) is 0 Å². The van der Waals surface area contributed by atoms with Gasteiger partial charge in [-0.3, -0.25) is 0 Å². The molecule has 0 aliphatic carbocycles. The highest BCUT2D eigenvalue weighted by Gasteiger charge is 1.92. The van der Waals surface area contributed by atoms with Crippen molar-refractivity contribution in [3.05, 3.63) is 23.8 Å². The predicted octanol–water partition coefficient (Wildman–Crippen LogP) is 3.37. The zero-order valence-corrected chi connectivity index (χ0v) is 10.3. The summed E-state index contributed by atoms with van der Waals surface area (Å²) in [6.45, 7) is 2.89. The van der Waals surface area contributed by atoms with Gasteiger partial charge in [0.05, 0.1) is 0 Å². The van der Waals surface area contributed by atoms with Crippen molar-refractivity contribution in [1.29, 1.82) is 0 Å². The first-order valence-corrected chi connectivity index (χ1v) is 6.75. The van der Waals surface area contributed by atoms with Crippen LogP contribution in [-0.4, -0.2) is 18.6 Å². The monoisotopic (exact) mass is 213 g/mol. The Kier molecular flexibility index (Phi) is 10.7. The van der Waals surface area contributed by atoms with Crippen LogP contribution in [0.1, 0.15) is 32.6 Å². The van der Waals surface area contributed by atoms with Crippen LogP contribution in [-0.2, 0) is 0 Å². The van der Waals surface area contributed by atoms with Gasteiger partial charge in [0.1, 0.15) is 0 Å². The molecule has 0 aliphatic rings. The summed E-state index contributed by atoms with van der Waals surface area (Å²) in [4.78, 5) is 0. The molecule has 2 heteroatoms. The molecule has 82 valence electrons. The van der Waals surface area contributed by atoms with Gasteiger partial charge in [-0.15, -0.1) is 0 Å². The van der Waals surface area contributed by atoms with Crippen molar-refractivity contribution < 1.29 is 0 Å². The second kappa shape index (κ2) is 10.9. The second-order valence-corrected chi connectivity index (χ2v) is 4.29. The largest absolute Gasteiger partial charge is 0.330 e. The molecular formula is C12H23NS. The number of nitrogens with two attached hydrogens (primary N) is 1. The Morgan fingerprint density at radius 2 is 2.14 bits per heavy atom. The molecule has 0 saturated heterocycles. The van der Waals surface area contributed by atoms with E-state index in [-0.39, 0.29) is 0 Å². The Morgan fingerprint density at radius 1 is 1.36 bits per heavy atom. The molecule has 0 unspecified atom stereocenters. The Bertz CT molecular complexity index is 173. The standard InChI is InChI=1S/C12H23NS/c1-3-7-12(8-4-5-10-13)9-6-11-14-2/h3,7,9H,4-6,8,10-11,13H2,1-2H3/b7-3-,12-9+. The summed E-state index contributed by atoms with van der Waals surface area (Å²) in [5.74, 6) is 1.22. The highest BCUT2D eigenvalue weighted by Crippen LogP contribution is 2.10. The molecule has 14 heavy (non-hydrogen) atoms. The van der Waals surface area contributed by atoms with E-state index in [0.717, 1.165) is 13.0 Å². The molecule has 0 aromatic carbocycles. The lowest BCUT2D eigenvalue weighted by atomic mass is 10.1. The first kappa shape index (κ1) is 13.8. The molecule has 0 radical (unpaired) electrons. The van der Waals surface area contributed by atoms with Gasteiger partial charge in [0, 0.05) is 0 Å². The molecular weight excluding hydrogens is 190 g/mol. The van der Waals surface area contributed by atoms with Crippen molar-refractivity contribution in [2.75, 3.05) is 18.6 Å². The fraction of sp³-hybridized carbons (Fsp3) is 0.667. The van der Waals surface area contributed by atoms with E-state index in [2.05, 4.69) is 31.4 Å². The molecule has 0 saturated carbocycles. The molecule has 0 aliphatic heterocycles. The van der Waals surface area contributed by atoms with Crippen molar-refractivity contribution >= 4 is 11.8 Å². The van der Waals surface area contributed by atoms with Crippen LogP contribution in [0.25, 0.3) is 0 Å². The van der Waals surface area contributed by atoms with Crippen LogP contribution in [0.2, 0.25) is 0 Å². The van der Waals surface area contributed by atoms with E-state index < -0.39 is 0 Å². The van der Waals surface area contributed by atoms with Crippen LogP contribution >= 0.6 is 11.8 Å². The summed E-state index contributed by atoms with van der Waals surface area (Å²) in [5.41, 5.74) is 6.94. The molecule has 1 nitrogen and oxygen atoms in total. The van der Waals surface area contributed by atoms with E-state index in [1.807, 2.05) is 11.8 Å². The van der Waals surface area contributed by atoms with Gasteiger partial charge >= 0.3 is 0 Å². The Balaban J connectivity index is 3.81. The lowest BCUT2D eigenvalue weighted by molar-refractivity contribution is 0.745. The minimum atomic E-state index is 0.813. The first-order chi connectivity index (χ1) is 6.85. The average molecular weight is 213 g/mol. The van der Waals surface area contributed by atoms with Crippen molar-refractivity contribution in [2.24, 2.45) is 5.73 Å². The van der Waals surface area contributed by atoms with Crippen LogP contribution in [0, 0.1) is 0 Å². The van der Waals surface area contributed by atoms with Crippen molar-refractivity contribution in [3.8, 4) is 0 Å². The third-order valence-electron chi connectivity index (χ3n) is 2.03. The molecule has 0 heterocycles. The van der Waals surface area contributed by atoms with E-state index in [9.17, 15) is 0 Å². The van der Waals surface area contributed by atoms with E-state index in [1.165, 1.54) is 30.6 Å². The van der Waals surface area contributed by atoms with Crippen molar-refractivity contribution in [3.63, 3.8) is 0 Å². The fourth-order valence-electron chi connectivity index (χ4n) is 1.30. The zero-order chi connectivity index (χ0) is 10.6. The number of unbranched alkanes of at least 4 members (excludes halogenated alkanes) is 1. The smallest absolute Gasteiger partial charge is 0.00355 e. The minimum Gasteiger partial charge on any atom is -0.330 e. The van der Waals surface area contributed by atoms with E-state index >= 15 is 0 Å². The molecule has 0 bridgehead atoms. The molecule has 2 N–H and O–H groups in total. The van der Waals surface area contributed by atoms with Gasteiger partial charge in [0.25, 0.3) is 0 Å². The molecule has 0 aromatic rings. The number of allylic oxidation sites excluding steroid dienone is 4. The molecule has 0 amide bonds. The van der Waals surface area contributed by atoms with Gasteiger partial charge in [-0.2, -0.15) is 11.8 Å². The summed E-state index contributed by atoms with van der Waals surface area (Å²) in [5, 5.41) is 0. The third-order valence-corrected chi connectivity index (χ3v) is 2.67. The topological polar surface area (TPSA) is 26.0 Å². The van der Waals surface area contributed by atoms with Gasteiger partial charge in [-0.1, -0.05) is 23.8 Å². The normalized spacial score (nSPS) is 12.6. The number of hydrogen-bond donors (Lipinski definition) is 1. The molecule has 0 atom stereocenters. The summed E-state index contributed by atoms with van der Waals surface area (Å²) < 4.78 is 0. The summed E-state index contributed by atoms with van der Waals surface area (Å²) in [7, 11) is 0. The summed E-state index contributed by atoms with van der Waals surface area (Å²) in [6, 6.07) is 0. The van der Waals surface area contributed by atoms with Gasteiger partial charge in [0.15, 0.2) is 0 Å².